The van der Waals surface area contributed by atoms with Gasteiger partial charge in [-0.1, -0.05) is 13.8 Å². The summed E-state index contributed by atoms with van der Waals surface area (Å²) in [6.07, 6.45) is 5.24. The average Bonchev–Trinajstić information content (AvgIpc) is 2.72. The van der Waals surface area contributed by atoms with Gasteiger partial charge in [-0.3, -0.25) is 9.78 Å². The number of carbonyl (C=O) groups is 1. The van der Waals surface area contributed by atoms with Crippen LogP contribution in [-0.2, 0) is 6.42 Å². The van der Waals surface area contributed by atoms with Gasteiger partial charge >= 0.3 is 0 Å². The molecule has 2 heterocycles. The molecule has 0 N–H and O–H groups in total. The third kappa shape index (κ3) is 2.77. The van der Waals surface area contributed by atoms with Gasteiger partial charge in [0.05, 0.1) is 0 Å². The molecule has 0 amide bonds. The molecule has 3 nitrogen and oxygen atoms in total. The molecule has 0 aliphatic rings. The maximum absolute atomic E-state index is 11.0. The minimum atomic E-state index is 0.524. The summed E-state index contributed by atoms with van der Waals surface area (Å²) in [4.78, 5) is 20.5. The van der Waals surface area contributed by atoms with Gasteiger partial charge in [-0.05, 0) is 24.5 Å². The summed E-state index contributed by atoms with van der Waals surface area (Å²) in [5.41, 5.74) is 1.54. The van der Waals surface area contributed by atoms with E-state index < -0.39 is 0 Å². The van der Waals surface area contributed by atoms with E-state index in [-0.39, 0.29) is 0 Å². The average molecular weight is 246 g/mol. The first-order chi connectivity index (χ1) is 8.20. The highest BCUT2D eigenvalue weighted by Gasteiger charge is 2.13. The number of aromatic nitrogens is 2. The highest BCUT2D eigenvalue weighted by Crippen LogP contribution is 2.28. The summed E-state index contributed by atoms with van der Waals surface area (Å²) in [7, 11) is 0. The number of thiazole rings is 1. The Labute approximate surface area is 105 Å². The van der Waals surface area contributed by atoms with Crippen molar-refractivity contribution in [1.82, 2.24) is 9.97 Å². The van der Waals surface area contributed by atoms with Gasteiger partial charge in [-0.25, -0.2) is 4.98 Å². The SMILES string of the molecule is CC(C)Cc1sc(-c2cccnc2)nc1C=O. The Hall–Kier alpha value is -1.55. The van der Waals surface area contributed by atoms with Gasteiger partial charge in [0.25, 0.3) is 0 Å². The van der Waals surface area contributed by atoms with Crippen LogP contribution in [0.4, 0.5) is 0 Å². The van der Waals surface area contributed by atoms with Gasteiger partial charge in [-0.2, -0.15) is 0 Å². The van der Waals surface area contributed by atoms with Gasteiger partial charge in [0, 0.05) is 22.8 Å². The van der Waals surface area contributed by atoms with E-state index in [0.717, 1.165) is 28.2 Å². The van der Waals surface area contributed by atoms with Crippen LogP contribution in [0.1, 0.15) is 29.2 Å². The second kappa shape index (κ2) is 5.19. The topological polar surface area (TPSA) is 42.9 Å². The van der Waals surface area contributed by atoms with Crippen molar-refractivity contribution in [1.29, 1.82) is 0 Å². The fourth-order valence-corrected chi connectivity index (χ4v) is 2.82. The minimum absolute atomic E-state index is 0.524. The summed E-state index contributed by atoms with van der Waals surface area (Å²) >= 11 is 1.58. The van der Waals surface area contributed by atoms with E-state index in [1.165, 1.54) is 0 Å². The maximum Gasteiger partial charge on any atom is 0.169 e. The quantitative estimate of drug-likeness (QED) is 0.778. The summed E-state index contributed by atoms with van der Waals surface area (Å²) < 4.78 is 0. The lowest BCUT2D eigenvalue weighted by Crippen LogP contribution is -1.95. The number of aldehydes is 1. The second-order valence-electron chi connectivity index (χ2n) is 4.28. The Morgan fingerprint density at radius 3 is 2.88 bits per heavy atom. The third-order valence-corrected chi connectivity index (χ3v) is 3.48. The van der Waals surface area contributed by atoms with E-state index in [4.69, 9.17) is 0 Å². The zero-order valence-corrected chi connectivity index (χ0v) is 10.7. The Balaban J connectivity index is 2.37. The first-order valence-electron chi connectivity index (χ1n) is 5.56. The van der Waals surface area contributed by atoms with Crippen LogP contribution in [0.25, 0.3) is 10.6 Å². The van der Waals surface area contributed by atoms with E-state index in [1.54, 1.807) is 23.7 Å². The van der Waals surface area contributed by atoms with E-state index >= 15 is 0 Å². The summed E-state index contributed by atoms with van der Waals surface area (Å²) in [5, 5.41) is 0.871. The zero-order valence-electron chi connectivity index (χ0n) is 9.88. The summed E-state index contributed by atoms with van der Waals surface area (Å²) in [6, 6.07) is 3.83. The predicted octanol–water partition coefficient (Wildman–Crippen LogP) is 3.22. The van der Waals surface area contributed by atoms with E-state index in [2.05, 4.69) is 23.8 Å². The lowest BCUT2D eigenvalue weighted by atomic mass is 10.1. The Morgan fingerprint density at radius 2 is 2.29 bits per heavy atom. The van der Waals surface area contributed by atoms with Crippen molar-refractivity contribution in [2.75, 3.05) is 0 Å². The summed E-state index contributed by atoms with van der Waals surface area (Å²) in [5.74, 6) is 0.524. The predicted molar refractivity (Wildman–Crippen MR) is 69.3 cm³/mol. The fraction of sp³-hybridized carbons (Fsp3) is 0.308. The number of hydrogen-bond donors (Lipinski definition) is 0. The molecule has 88 valence electrons. The number of rotatable bonds is 4. The van der Waals surface area contributed by atoms with Crippen molar-refractivity contribution in [3.8, 4) is 10.6 Å². The lowest BCUT2D eigenvalue weighted by Gasteiger charge is -2.00. The van der Waals surface area contributed by atoms with Crippen LogP contribution in [0, 0.1) is 5.92 Å². The molecule has 2 rings (SSSR count). The minimum Gasteiger partial charge on any atom is -0.296 e. The van der Waals surface area contributed by atoms with Crippen molar-refractivity contribution in [3.63, 3.8) is 0 Å². The van der Waals surface area contributed by atoms with Crippen molar-refractivity contribution in [2.45, 2.75) is 20.3 Å². The lowest BCUT2D eigenvalue weighted by molar-refractivity contribution is 0.111. The van der Waals surface area contributed by atoms with E-state index in [9.17, 15) is 4.79 Å². The number of hydrogen-bond acceptors (Lipinski definition) is 4. The molecule has 0 bridgehead atoms. The first-order valence-corrected chi connectivity index (χ1v) is 6.37. The van der Waals surface area contributed by atoms with Gasteiger partial charge in [0.15, 0.2) is 6.29 Å². The molecule has 4 heteroatoms. The van der Waals surface area contributed by atoms with Crippen LogP contribution in [0.3, 0.4) is 0 Å². The zero-order chi connectivity index (χ0) is 12.3. The molecule has 0 atom stereocenters. The number of pyridine rings is 1. The Kier molecular flexibility index (Phi) is 3.64. The van der Waals surface area contributed by atoms with Crippen LogP contribution >= 0.6 is 11.3 Å². The molecule has 0 aliphatic heterocycles. The molecule has 0 aromatic carbocycles. The molecule has 0 aliphatic carbocycles. The molecule has 0 fully saturated rings. The van der Waals surface area contributed by atoms with Crippen molar-refractivity contribution in [3.05, 3.63) is 35.1 Å². The van der Waals surface area contributed by atoms with Crippen LogP contribution in [-0.4, -0.2) is 16.3 Å². The molecule has 0 radical (unpaired) electrons. The van der Waals surface area contributed by atoms with E-state index in [0.29, 0.717) is 11.6 Å². The molecule has 0 saturated carbocycles. The highest BCUT2D eigenvalue weighted by atomic mass is 32.1. The second-order valence-corrected chi connectivity index (χ2v) is 5.37. The van der Waals surface area contributed by atoms with Crippen molar-refractivity contribution in [2.24, 2.45) is 5.92 Å². The van der Waals surface area contributed by atoms with Gasteiger partial charge in [0.1, 0.15) is 10.7 Å². The largest absolute Gasteiger partial charge is 0.296 e. The molecule has 0 unspecified atom stereocenters. The Morgan fingerprint density at radius 1 is 1.47 bits per heavy atom. The van der Waals surface area contributed by atoms with Gasteiger partial charge in [0.2, 0.25) is 0 Å². The van der Waals surface area contributed by atoms with Gasteiger partial charge in [-0.15, -0.1) is 11.3 Å². The molecule has 17 heavy (non-hydrogen) atoms. The normalized spacial score (nSPS) is 10.8. The molecular weight excluding hydrogens is 232 g/mol. The van der Waals surface area contributed by atoms with Crippen LogP contribution in [0.5, 0.6) is 0 Å². The third-order valence-electron chi connectivity index (χ3n) is 2.34. The standard InChI is InChI=1S/C13H14N2OS/c1-9(2)6-12-11(8-16)15-13(17-12)10-4-3-5-14-7-10/h3-5,7-9H,6H2,1-2H3. The molecule has 2 aromatic rings. The van der Waals surface area contributed by atoms with Crippen LogP contribution in [0.15, 0.2) is 24.5 Å². The number of nitrogens with zero attached hydrogens (tertiary/aromatic N) is 2. The highest BCUT2D eigenvalue weighted by molar-refractivity contribution is 7.15. The van der Waals surface area contributed by atoms with Crippen LogP contribution in [0.2, 0.25) is 0 Å². The fourth-order valence-electron chi connectivity index (χ4n) is 1.59. The molecule has 0 spiro atoms. The molecule has 0 saturated heterocycles. The molecular formula is C13H14N2OS. The van der Waals surface area contributed by atoms with Crippen molar-refractivity contribution < 1.29 is 4.79 Å². The Bertz CT molecular complexity index is 505. The maximum atomic E-state index is 11.0. The van der Waals surface area contributed by atoms with Gasteiger partial charge < -0.3 is 0 Å². The van der Waals surface area contributed by atoms with E-state index in [1.807, 2.05) is 12.1 Å². The van der Waals surface area contributed by atoms with Crippen molar-refractivity contribution >= 4 is 17.6 Å². The smallest absolute Gasteiger partial charge is 0.169 e. The van der Waals surface area contributed by atoms with Crippen LogP contribution < -0.4 is 0 Å². The molecule has 2 aromatic heterocycles. The summed E-state index contributed by atoms with van der Waals surface area (Å²) in [6.45, 7) is 4.27. The monoisotopic (exact) mass is 246 g/mol. The first kappa shape index (κ1) is 11.9. The number of carbonyl (C=O) groups excluding carboxylic acids is 1.